The predicted molar refractivity (Wildman–Crippen MR) is 120 cm³/mol. The molecule has 0 saturated carbocycles. The molecule has 154 valence electrons. The predicted octanol–water partition coefficient (Wildman–Crippen LogP) is 5.71. The minimum atomic E-state index is -3.29. The zero-order chi connectivity index (χ0) is 22.2. The molecule has 0 aliphatic carbocycles. The maximum atomic E-state index is 13.5. The minimum Gasteiger partial charge on any atom is -0.354 e. The molecule has 4 rings (SSSR count). The first-order valence-corrected chi connectivity index (χ1v) is 11.4. The summed E-state index contributed by atoms with van der Waals surface area (Å²) in [5, 5.41) is 13.4. The number of pyridine rings is 1. The van der Waals surface area contributed by atoms with E-state index in [1.165, 1.54) is 24.4 Å². The van der Waals surface area contributed by atoms with Crippen molar-refractivity contribution in [1.29, 1.82) is 5.26 Å². The van der Waals surface area contributed by atoms with Gasteiger partial charge in [0.05, 0.1) is 26.7 Å². The van der Waals surface area contributed by atoms with Gasteiger partial charge < -0.3 is 5.32 Å². The highest BCUT2D eigenvalue weighted by molar-refractivity contribution is 7.90. The molecule has 31 heavy (non-hydrogen) atoms. The van der Waals surface area contributed by atoms with Crippen molar-refractivity contribution in [3.63, 3.8) is 0 Å². The van der Waals surface area contributed by atoms with Gasteiger partial charge in [0.1, 0.15) is 11.9 Å². The molecule has 0 aliphatic heterocycles. The molecule has 1 aromatic heterocycles. The van der Waals surface area contributed by atoms with Crippen LogP contribution in [0.3, 0.4) is 0 Å². The smallest absolute Gasteiger partial charge is 0.175 e. The number of aromatic nitrogens is 1. The van der Waals surface area contributed by atoms with Crippen molar-refractivity contribution < 1.29 is 12.8 Å². The summed E-state index contributed by atoms with van der Waals surface area (Å²) in [6.45, 7) is 0. The van der Waals surface area contributed by atoms with E-state index in [0.29, 0.717) is 27.8 Å². The molecule has 4 aromatic rings. The Morgan fingerprint density at radius 1 is 1.03 bits per heavy atom. The molecule has 3 aromatic carbocycles. The Morgan fingerprint density at radius 2 is 1.74 bits per heavy atom. The third-order valence-corrected chi connectivity index (χ3v) is 6.21. The molecule has 0 fully saturated rings. The highest BCUT2D eigenvalue weighted by atomic mass is 35.5. The second-order valence-corrected chi connectivity index (χ2v) is 9.36. The van der Waals surface area contributed by atoms with Crippen LogP contribution in [0, 0.1) is 17.1 Å². The monoisotopic (exact) mass is 451 g/mol. The van der Waals surface area contributed by atoms with Crippen molar-refractivity contribution >= 4 is 43.7 Å². The van der Waals surface area contributed by atoms with Crippen molar-refractivity contribution in [3.8, 4) is 17.2 Å². The van der Waals surface area contributed by atoms with E-state index in [0.717, 1.165) is 17.4 Å². The first kappa shape index (κ1) is 20.8. The van der Waals surface area contributed by atoms with Crippen molar-refractivity contribution in [2.24, 2.45) is 0 Å². The van der Waals surface area contributed by atoms with Crippen molar-refractivity contribution in [2.75, 3.05) is 11.6 Å². The second kappa shape index (κ2) is 7.99. The van der Waals surface area contributed by atoms with Gasteiger partial charge in [-0.25, -0.2) is 12.8 Å². The fourth-order valence-electron chi connectivity index (χ4n) is 3.20. The number of benzene rings is 3. The lowest BCUT2D eigenvalue weighted by atomic mass is 10.0. The Balaban J connectivity index is 1.83. The van der Waals surface area contributed by atoms with Gasteiger partial charge in [-0.3, -0.25) is 4.98 Å². The van der Waals surface area contributed by atoms with E-state index in [2.05, 4.69) is 16.4 Å². The zero-order valence-corrected chi connectivity index (χ0v) is 17.8. The number of hydrogen-bond donors (Lipinski definition) is 1. The van der Waals surface area contributed by atoms with Crippen molar-refractivity contribution in [2.45, 2.75) is 4.90 Å². The lowest BCUT2D eigenvalue weighted by Crippen LogP contribution is -1.98. The van der Waals surface area contributed by atoms with Crippen LogP contribution in [0.2, 0.25) is 5.02 Å². The van der Waals surface area contributed by atoms with Gasteiger partial charge in [0.2, 0.25) is 0 Å². The van der Waals surface area contributed by atoms with Gasteiger partial charge in [-0.15, -0.1) is 0 Å². The fraction of sp³-hybridized carbons (Fsp3) is 0.0435. The highest BCUT2D eigenvalue weighted by Crippen LogP contribution is 2.33. The first-order chi connectivity index (χ1) is 14.8. The molecule has 0 unspecified atom stereocenters. The van der Waals surface area contributed by atoms with Crippen LogP contribution in [-0.4, -0.2) is 19.7 Å². The Kier molecular flexibility index (Phi) is 5.36. The average Bonchev–Trinajstić information content (AvgIpc) is 2.75. The van der Waals surface area contributed by atoms with E-state index in [4.69, 9.17) is 11.6 Å². The van der Waals surface area contributed by atoms with E-state index in [1.807, 2.05) is 18.2 Å². The Labute approximate surface area is 183 Å². The van der Waals surface area contributed by atoms with Crippen molar-refractivity contribution in [3.05, 3.63) is 83.3 Å². The molecule has 0 aliphatic rings. The van der Waals surface area contributed by atoms with Crippen LogP contribution >= 0.6 is 11.6 Å². The molecule has 1 N–H and O–H groups in total. The maximum Gasteiger partial charge on any atom is 0.175 e. The lowest BCUT2D eigenvalue weighted by Gasteiger charge is -2.13. The van der Waals surface area contributed by atoms with Crippen molar-refractivity contribution in [1.82, 2.24) is 4.98 Å². The quantitative estimate of drug-likeness (QED) is 0.429. The number of nitrogens with one attached hydrogen (secondary N) is 1. The molecular weight excluding hydrogens is 437 g/mol. The molecule has 0 atom stereocenters. The SMILES string of the molecule is CS(=O)(=O)c1ccc(-c2ccc3ncc(C#N)c(Nc4ccc(F)c(Cl)c4)c3c2)cc1. The van der Waals surface area contributed by atoms with Gasteiger partial charge in [0.15, 0.2) is 9.84 Å². The summed E-state index contributed by atoms with van der Waals surface area (Å²) >= 11 is 5.89. The van der Waals surface area contributed by atoms with E-state index in [1.54, 1.807) is 24.3 Å². The van der Waals surface area contributed by atoms with Crippen LogP contribution in [0.15, 0.2) is 71.8 Å². The van der Waals surface area contributed by atoms with Gasteiger partial charge in [-0.2, -0.15) is 5.26 Å². The van der Waals surface area contributed by atoms with Gasteiger partial charge in [0, 0.05) is 23.5 Å². The van der Waals surface area contributed by atoms with E-state index >= 15 is 0 Å². The molecular formula is C23H15ClFN3O2S. The van der Waals surface area contributed by atoms with E-state index in [-0.39, 0.29) is 9.92 Å². The van der Waals surface area contributed by atoms with Crippen LogP contribution in [0.25, 0.3) is 22.0 Å². The standard InChI is InChI=1S/C23H15ClFN3O2S/c1-31(29,30)18-6-2-14(3-7-18)15-4-9-22-19(10-15)23(16(12-26)13-27-22)28-17-5-8-21(25)20(24)11-17/h2-11,13H,1H3,(H,27,28). The summed E-state index contributed by atoms with van der Waals surface area (Å²) in [4.78, 5) is 4.58. The van der Waals surface area contributed by atoms with Gasteiger partial charge in [0.25, 0.3) is 0 Å². The summed E-state index contributed by atoms with van der Waals surface area (Å²) in [7, 11) is -3.29. The topological polar surface area (TPSA) is 82.8 Å². The van der Waals surface area contributed by atoms with Crippen LogP contribution in [-0.2, 0) is 9.84 Å². The highest BCUT2D eigenvalue weighted by Gasteiger charge is 2.13. The number of hydrogen-bond acceptors (Lipinski definition) is 5. The summed E-state index contributed by atoms with van der Waals surface area (Å²) in [5.74, 6) is -0.535. The van der Waals surface area contributed by atoms with Crippen LogP contribution in [0.5, 0.6) is 0 Å². The maximum absolute atomic E-state index is 13.5. The van der Waals surface area contributed by atoms with Crippen LogP contribution < -0.4 is 5.32 Å². The Hall–Kier alpha value is -3.47. The number of halogens is 2. The number of nitriles is 1. The average molecular weight is 452 g/mol. The lowest BCUT2D eigenvalue weighted by molar-refractivity contribution is 0.602. The number of nitrogens with zero attached hydrogens (tertiary/aromatic N) is 2. The molecule has 1 heterocycles. The van der Waals surface area contributed by atoms with E-state index < -0.39 is 15.7 Å². The molecule has 0 spiro atoms. The summed E-state index contributed by atoms with van der Waals surface area (Å²) in [6, 6.07) is 18.5. The Bertz CT molecular complexity index is 1460. The van der Waals surface area contributed by atoms with Crippen LogP contribution in [0.4, 0.5) is 15.8 Å². The number of sulfone groups is 1. The third-order valence-electron chi connectivity index (χ3n) is 4.79. The molecule has 0 radical (unpaired) electrons. The summed E-state index contributed by atoms with van der Waals surface area (Å²) in [5.41, 5.74) is 3.66. The number of fused-ring (bicyclic) bond motifs is 1. The molecule has 0 bridgehead atoms. The van der Waals surface area contributed by atoms with Gasteiger partial charge in [-0.1, -0.05) is 29.8 Å². The summed E-state index contributed by atoms with van der Waals surface area (Å²) < 4.78 is 36.9. The second-order valence-electron chi connectivity index (χ2n) is 6.94. The van der Waals surface area contributed by atoms with Gasteiger partial charge in [-0.05, 0) is 53.6 Å². The minimum absolute atomic E-state index is 0.0338. The molecule has 8 heteroatoms. The fourth-order valence-corrected chi connectivity index (χ4v) is 4.02. The third kappa shape index (κ3) is 4.22. The number of anilines is 2. The largest absolute Gasteiger partial charge is 0.354 e. The first-order valence-electron chi connectivity index (χ1n) is 9.12. The Morgan fingerprint density at radius 3 is 2.39 bits per heavy atom. The molecule has 0 amide bonds. The van der Waals surface area contributed by atoms with E-state index in [9.17, 15) is 18.1 Å². The number of rotatable bonds is 4. The van der Waals surface area contributed by atoms with Gasteiger partial charge >= 0.3 is 0 Å². The molecule has 0 saturated heterocycles. The van der Waals surface area contributed by atoms with Crippen LogP contribution in [0.1, 0.15) is 5.56 Å². The normalized spacial score (nSPS) is 11.3. The zero-order valence-electron chi connectivity index (χ0n) is 16.2. The molecule has 5 nitrogen and oxygen atoms in total. The summed E-state index contributed by atoms with van der Waals surface area (Å²) in [6.07, 6.45) is 2.63.